The number of nitrogens with zero attached hydrogens (tertiary/aromatic N) is 2. The number of nitrogens with two attached hydrogens (primary N) is 1. The summed E-state index contributed by atoms with van der Waals surface area (Å²) in [5.74, 6) is 0. The van der Waals surface area contributed by atoms with Crippen LogP contribution in [0.4, 0.5) is 11.4 Å². The lowest BCUT2D eigenvalue weighted by molar-refractivity contribution is 0.123. The van der Waals surface area contributed by atoms with Gasteiger partial charge >= 0.3 is 0 Å². The van der Waals surface area contributed by atoms with Crippen LogP contribution < -0.4 is 10.6 Å². The molecule has 0 unspecified atom stereocenters. The molecule has 106 valence electrons. The molecular formula is C13H20IN3OS. The number of rotatable bonds is 2. The number of aryl methyl sites for hydroxylation is 1. The predicted octanol–water partition coefficient (Wildman–Crippen LogP) is 2.76. The van der Waals surface area contributed by atoms with Gasteiger partial charge in [0.2, 0.25) is 0 Å². The Labute approximate surface area is 135 Å². The Balaban J connectivity index is 0.00000180. The van der Waals surface area contributed by atoms with Crippen molar-refractivity contribution < 1.29 is 4.74 Å². The average Bonchev–Trinajstić information content (AvgIpc) is 2.40. The van der Waals surface area contributed by atoms with Crippen molar-refractivity contribution in [1.29, 1.82) is 0 Å². The molecule has 0 radical (unpaired) electrons. The van der Waals surface area contributed by atoms with Gasteiger partial charge in [-0.05, 0) is 30.9 Å². The summed E-state index contributed by atoms with van der Waals surface area (Å²) in [6.45, 7) is 5.43. The molecule has 1 heterocycles. The minimum Gasteiger partial charge on any atom is -0.378 e. The van der Waals surface area contributed by atoms with Crippen molar-refractivity contribution in [3.63, 3.8) is 0 Å². The van der Waals surface area contributed by atoms with Crippen LogP contribution in [0.25, 0.3) is 0 Å². The second kappa shape index (κ2) is 7.96. The summed E-state index contributed by atoms with van der Waals surface area (Å²) >= 11 is 1.47. The van der Waals surface area contributed by atoms with Crippen LogP contribution in [0.1, 0.15) is 5.56 Å². The second-order valence-corrected chi connectivity index (χ2v) is 5.07. The van der Waals surface area contributed by atoms with Gasteiger partial charge in [-0.3, -0.25) is 0 Å². The van der Waals surface area contributed by atoms with E-state index in [1.165, 1.54) is 17.3 Å². The molecule has 1 aromatic rings. The van der Waals surface area contributed by atoms with E-state index in [-0.39, 0.29) is 24.0 Å². The third-order valence-electron chi connectivity index (χ3n) is 2.92. The molecule has 1 aliphatic heterocycles. The van der Waals surface area contributed by atoms with E-state index in [9.17, 15) is 0 Å². The largest absolute Gasteiger partial charge is 0.378 e. The van der Waals surface area contributed by atoms with Crippen molar-refractivity contribution in [2.24, 2.45) is 10.7 Å². The van der Waals surface area contributed by atoms with Gasteiger partial charge < -0.3 is 15.4 Å². The van der Waals surface area contributed by atoms with E-state index in [1.807, 2.05) is 6.26 Å². The Hall–Kier alpha value is -0.470. The molecule has 0 bridgehead atoms. The van der Waals surface area contributed by atoms with Crippen molar-refractivity contribution in [2.75, 3.05) is 37.5 Å². The molecule has 4 nitrogen and oxygen atoms in total. The van der Waals surface area contributed by atoms with E-state index in [0.717, 1.165) is 37.7 Å². The summed E-state index contributed by atoms with van der Waals surface area (Å²) < 4.78 is 5.38. The highest BCUT2D eigenvalue weighted by atomic mass is 127. The number of ether oxygens (including phenoxy) is 1. The number of amidine groups is 1. The van der Waals surface area contributed by atoms with Gasteiger partial charge in [-0.25, -0.2) is 4.99 Å². The first-order chi connectivity index (χ1) is 8.70. The topological polar surface area (TPSA) is 50.8 Å². The molecule has 0 spiro atoms. The zero-order valence-electron chi connectivity index (χ0n) is 11.3. The molecule has 0 amide bonds. The van der Waals surface area contributed by atoms with Crippen molar-refractivity contribution in [3.8, 4) is 0 Å². The lowest BCUT2D eigenvalue weighted by Crippen LogP contribution is -2.36. The monoisotopic (exact) mass is 393 g/mol. The zero-order valence-corrected chi connectivity index (χ0v) is 14.4. The van der Waals surface area contributed by atoms with Crippen molar-refractivity contribution in [2.45, 2.75) is 6.92 Å². The zero-order chi connectivity index (χ0) is 13.0. The molecule has 0 atom stereocenters. The number of halogens is 1. The molecule has 0 aliphatic carbocycles. The van der Waals surface area contributed by atoms with Crippen LogP contribution in [0.2, 0.25) is 0 Å². The first-order valence-electron chi connectivity index (χ1n) is 6.02. The fourth-order valence-corrected chi connectivity index (χ4v) is 2.15. The first-order valence-corrected chi connectivity index (χ1v) is 7.24. The Bertz CT molecular complexity index is 448. The molecule has 1 aromatic carbocycles. The quantitative estimate of drug-likeness (QED) is 0.477. The van der Waals surface area contributed by atoms with E-state index in [2.05, 4.69) is 35.0 Å². The SMILES string of the molecule is CSC(N)=Nc1cc(C)ccc1N1CCOCC1.I. The lowest BCUT2D eigenvalue weighted by atomic mass is 10.1. The van der Waals surface area contributed by atoms with Gasteiger partial charge in [0, 0.05) is 13.1 Å². The molecule has 0 saturated carbocycles. The smallest absolute Gasteiger partial charge is 0.158 e. The number of aliphatic imine (C=N–C) groups is 1. The van der Waals surface area contributed by atoms with Crippen LogP contribution in [0.15, 0.2) is 23.2 Å². The summed E-state index contributed by atoms with van der Waals surface area (Å²) in [6.07, 6.45) is 1.93. The molecule has 2 rings (SSSR count). The highest BCUT2D eigenvalue weighted by Gasteiger charge is 2.14. The van der Waals surface area contributed by atoms with Crippen molar-refractivity contribution in [3.05, 3.63) is 23.8 Å². The predicted molar refractivity (Wildman–Crippen MR) is 94.4 cm³/mol. The van der Waals surface area contributed by atoms with E-state index < -0.39 is 0 Å². The standard InChI is InChI=1S/C13H19N3OS.HI/c1-10-3-4-12(16-5-7-17-8-6-16)11(9-10)15-13(14)18-2;/h3-4,9H,5-8H2,1-2H3,(H2,14,15);1H. The third kappa shape index (κ3) is 4.54. The first kappa shape index (κ1) is 16.6. The maximum atomic E-state index is 5.82. The van der Waals surface area contributed by atoms with Gasteiger partial charge in [-0.2, -0.15) is 0 Å². The van der Waals surface area contributed by atoms with Crippen LogP contribution in [0, 0.1) is 6.92 Å². The minimum absolute atomic E-state index is 0. The normalized spacial score (nSPS) is 16.1. The van der Waals surface area contributed by atoms with Gasteiger partial charge in [0.05, 0.1) is 24.6 Å². The Morgan fingerprint density at radius 3 is 2.68 bits per heavy atom. The number of anilines is 1. The average molecular weight is 393 g/mol. The molecule has 1 saturated heterocycles. The lowest BCUT2D eigenvalue weighted by Gasteiger charge is -2.30. The van der Waals surface area contributed by atoms with E-state index >= 15 is 0 Å². The van der Waals surface area contributed by atoms with Crippen LogP contribution >= 0.6 is 35.7 Å². The summed E-state index contributed by atoms with van der Waals surface area (Å²) in [5, 5.41) is 0.593. The highest BCUT2D eigenvalue weighted by Crippen LogP contribution is 2.30. The summed E-state index contributed by atoms with van der Waals surface area (Å²) in [6, 6.07) is 6.31. The second-order valence-electron chi connectivity index (χ2n) is 4.25. The summed E-state index contributed by atoms with van der Waals surface area (Å²) in [4.78, 5) is 6.79. The van der Waals surface area contributed by atoms with Gasteiger partial charge in [0.25, 0.3) is 0 Å². The van der Waals surface area contributed by atoms with Crippen molar-refractivity contribution in [1.82, 2.24) is 0 Å². The maximum absolute atomic E-state index is 5.82. The van der Waals surface area contributed by atoms with Crippen LogP contribution in [-0.2, 0) is 4.74 Å². The number of hydrogen-bond donors (Lipinski definition) is 1. The molecule has 0 aromatic heterocycles. The number of benzene rings is 1. The fourth-order valence-electron chi connectivity index (χ4n) is 1.96. The Morgan fingerprint density at radius 1 is 1.37 bits per heavy atom. The number of thioether (sulfide) groups is 1. The van der Waals surface area contributed by atoms with E-state index in [0.29, 0.717) is 5.17 Å². The third-order valence-corrected chi connectivity index (χ3v) is 3.43. The molecule has 2 N–H and O–H groups in total. The van der Waals surface area contributed by atoms with Gasteiger partial charge in [-0.1, -0.05) is 17.8 Å². The fraction of sp³-hybridized carbons (Fsp3) is 0.462. The van der Waals surface area contributed by atoms with Crippen molar-refractivity contribution >= 4 is 52.3 Å². The maximum Gasteiger partial charge on any atom is 0.158 e. The van der Waals surface area contributed by atoms with Gasteiger partial charge in [0.1, 0.15) is 0 Å². The summed E-state index contributed by atoms with van der Waals surface area (Å²) in [7, 11) is 0. The summed E-state index contributed by atoms with van der Waals surface area (Å²) in [5.41, 5.74) is 9.11. The van der Waals surface area contributed by atoms with Crippen LogP contribution in [-0.4, -0.2) is 37.7 Å². The van der Waals surface area contributed by atoms with E-state index in [1.54, 1.807) is 0 Å². The minimum atomic E-state index is 0. The molecule has 1 aliphatic rings. The highest BCUT2D eigenvalue weighted by molar-refractivity contribution is 14.0. The molecule has 6 heteroatoms. The number of hydrogen-bond acceptors (Lipinski definition) is 4. The molecule has 1 fully saturated rings. The Kier molecular flexibility index (Phi) is 6.95. The molecule has 19 heavy (non-hydrogen) atoms. The van der Waals surface area contributed by atoms with Crippen LogP contribution in [0.3, 0.4) is 0 Å². The molecular weight excluding hydrogens is 373 g/mol. The Morgan fingerprint density at radius 2 is 2.05 bits per heavy atom. The van der Waals surface area contributed by atoms with Gasteiger partial charge in [0.15, 0.2) is 5.17 Å². The van der Waals surface area contributed by atoms with Gasteiger partial charge in [-0.15, -0.1) is 24.0 Å². The van der Waals surface area contributed by atoms with E-state index in [4.69, 9.17) is 10.5 Å². The van der Waals surface area contributed by atoms with Crippen LogP contribution in [0.5, 0.6) is 0 Å². The number of morpholine rings is 1.